The van der Waals surface area contributed by atoms with Crippen molar-refractivity contribution in [2.75, 3.05) is 6.54 Å². The van der Waals surface area contributed by atoms with E-state index in [1.807, 2.05) is 19.9 Å². The number of carbonyl (C=O) groups is 1. The summed E-state index contributed by atoms with van der Waals surface area (Å²) >= 11 is 0. The van der Waals surface area contributed by atoms with E-state index in [9.17, 15) is 9.90 Å². The molecule has 1 fully saturated rings. The lowest BCUT2D eigenvalue weighted by Crippen LogP contribution is -2.33. The van der Waals surface area contributed by atoms with Crippen molar-refractivity contribution >= 4 is 5.97 Å². The topological polar surface area (TPSA) is 49.3 Å². The Hall–Kier alpha value is -1.35. The summed E-state index contributed by atoms with van der Waals surface area (Å²) in [7, 11) is 0. The van der Waals surface area contributed by atoms with Gasteiger partial charge in [0.15, 0.2) is 0 Å². The number of carboxylic acid groups (broad SMARTS) is 1. The minimum absolute atomic E-state index is 0.0668. The summed E-state index contributed by atoms with van der Waals surface area (Å²) < 4.78 is 0. The molecule has 1 aromatic carbocycles. The van der Waals surface area contributed by atoms with Crippen LogP contribution in [0.1, 0.15) is 46.8 Å². The molecule has 92 valence electrons. The van der Waals surface area contributed by atoms with Gasteiger partial charge in [0.25, 0.3) is 0 Å². The minimum Gasteiger partial charge on any atom is -0.478 e. The molecule has 3 nitrogen and oxygen atoms in total. The molecule has 0 amide bonds. The molecule has 1 atom stereocenters. The van der Waals surface area contributed by atoms with Crippen LogP contribution in [0.3, 0.4) is 0 Å². The second-order valence-corrected chi connectivity index (χ2v) is 5.13. The van der Waals surface area contributed by atoms with Gasteiger partial charge in [-0.1, -0.05) is 6.07 Å². The molecule has 1 aromatic rings. The summed E-state index contributed by atoms with van der Waals surface area (Å²) in [5, 5.41) is 12.7. The third-order valence-electron chi connectivity index (χ3n) is 3.90. The van der Waals surface area contributed by atoms with Crippen LogP contribution in [0.25, 0.3) is 0 Å². The number of hydrogen-bond acceptors (Lipinski definition) is 2. The summed E-state index contributed by atoms with van der Waals surface area (Å²) in [5.41, 5.74) is 3.37. The molecule has 0 spiro atoms. The summed E-state index contributed by atoms with van der Waals surface area (Å²) in [4.78, 5) is 11.2. The smallest absolute Gasteiger partial charge is 0.335 e. The van der Waals surface area contributed by atoms with Crippen LogP contribution in [0, 0.1) is 13.8 Å². The van der Waals surface area contributed by atoms with Gasteiger partial charge in [-0.2, -0.15) is 0 Å². The molecule has 17 heavy (non-hydrogen) atoms. The van der Waals surface area contributed by atoms with Crippen molar-refractivity contribution in [2.45, 2.75) is 39.2 Å². The highest BCUT2D eigenvalue weighted by atomic mass is 16.4. The van der Waals surface area contributed by atoms with Gasteiger partial charge in [0.2, 0.25) is 0 Å². The quantitative estimate of drug-likeness (QED) is 0.825. The highest BCUT2D eigenvalue weighted by Crippen LogP contribution is 2.32. The molecule has 3 heteroatoms. The number of aryl methyl sites for hydroxylation is 1. The van der Waals surface area contributed by atoms with Crippen LogP contribution in [0.5, 0.6) is 0 Å². The Morgan fingerprint density at radius 2 is 2.12 bits per heavy atom. The van der Waals surface area contributed by atoms with Gasteiger partial charge >= 0.3 is 5.97 Å². The van der Waals surface area contributed by atoms with Gasteiger partial charge in [-0.15, -0.1) is 0 Å². The van der Waals surface area contributed by atoms with Gasteiger partial charge in [-0.25, -0.2) is 4.79 Å². The van der Waals surface area contributed by atoms with Crippen molar-refractivity contribution in [2.24, 2.45) is 0 Å². The summed E-state index contributed by atoms with van der Waals surface area (Å²) in [5.74, 6) is -0.839. The molecular weight excluding hydrogens is 214 g/mol. The van der Waals surface area contributed by atoms with Gasteiger partial charge in [0.05, 0.1) is 5.56 Å². The molecule has 1 aliphatic rings. The molecule has 1 heterocycles. The number of hydrogen-bond donors (Lipinski definition) is 2. The fourth-order valence-electron chi connectivity index (χ4n) is 2.54. The van der Waals surface area contributed by atoms with Crippen molar-refractivity contribution < 1.29 is 9.90 Å². The molecule has 1 aliphatic heterocycles. The maximum Gasteiger partial charge on any atom is 0.335 e. The van der Waals surface area contributed by atoms with Crippen LogP contribution in [0.4, 0.5) is 0 Å². The molecule has 2 N–H and O–H groups in total. The van der Waals surface area contributed by atoms with Crippen LogP contribution in [-0.2, 0) is 5.54 Å². The molecular formula is C14H19NO2. The standard InChI is InChI=1S/C14H19NO2/c1-9-7-11(14(3)5-4-6-15-14)8-12(10(9)2)13(16)17/h7-8,15H,4-6H2,1-3H3,(H,16,17). The Labute approximate surface area is 102 Å². The average Bonchev–Trinajstić information content (AvgIpc) is 2.69. The van der Waals surface area contributed by atoms with E-state index in [-0.39, 0.29) is 5.54 Å². The van der Waals surface area contributed by atoms with Gasteiger partial charge < -0.3 is 10.4 Å². The monoisotopic (exact) mass is 233 g/mol. The Kier molecular flexibility index (Phi) is 2.96. The van der Waals surface area contributed by atoms with Crippen molar-refractivity contribution in [3.63, 3.8) is 0 Å². The van der Waals surface area contributed by atoms with E-state index in [2.05, 4.69) is 18.3 Å². The van der Waals surface area contributed by atoms with Gasteiger partial charge in [0.1, 0.15) is 0 Å². The second kappa shape index (κ2) is 4.15. The number of benzene rings is 1. The average molecular weight is 233 g/mol. The Bertz CT molecular complexity index is 460. The fourth-order valence-corrected chi connectivity index (χ4v) is 2.54. The molecule has 0 aliphatic carbocycles. The fraction of sp³-hybridized carbons (Fsp3) is 0.500. The predicted molar refractivity (Wildman–Crippen MR) is 67.5 cm³/mol. The Morgan fingerprint density at radius 3 is 2.65 bits per heavy atom. The number of aromatic carboxylic acids is 1. The first kappa shape index (κ1) is 12.1. The molecule has 0 bridgehead atoms. The molecule has 2 rings (SSSR count). The van der Waals surface area contributed by atoms with E-state index in [0.717, 1.165) is 36.1 Å². The lowest BCUT2D eigenvalue weighted by atomic mass is 9.86. The van der Waals surface area contributed by atoms with Crippen LogP contribution in [-0.4, -0.2) is 17.6 Å². The molecule has 0 saturated carbocycles. The normalized spacial score (nSPS) is 23.9. The number of carboxylic acids is 1. The highest BCUT2D eigenvalue weighted by molar-refractivity contribution is 5.90. The second-order valence-electron chi connectivity index (χ2n) is 5.13. The molecule has 0 aromatic heterocycles. The maximum absolute atomic E-state index is 11.2. The lowest BCUT2D eigenvalue weighted by Gasteiger charge is -2.26. The van der Waals surface area contributed by atoms with Gasteiger partial charge in [0, 0.05) is 5.54 Å². The van der Waals surface area contributed by atoms with Crippen molar-refractivity contribution in [3.05, 3.63) is 34.4 Å². The SMILES string of the molecule is Cc1cc(C2(C)CCCN2)cc(C(=O)O)c1C. The van der Waals surface area contributed by atoms with E-state index in [1.165, 1.54) is 0 Å². The third kappa shape index (κ3) is 2.07. The third-order valence-corrected chi connectivity index (χ3v) is 3.90. The first-order valence-electron chi connectivity index (χ1n) is 6.04. The summed E-state index contributed by atoms with van der Waals surface area (Å²) in [6.45, 7) is 7.00. The molecule has 0 radical (unpaired) electrons. The zero-order valence-electron chi connectivity index (χ0n) is 10.6. The van der Waals surface area contributed by atoms with Gasteiger partial charge in [-0.05, 0) is 62.9 Å². The summed E-state index contributed by atoms with van der Waals surface area (Å²) in [6, 6.07) is 3.93. The lowest BCUT2D eigenvalue weighted by molar-refractivity contribution is 0.0695. The van der Waals surface area contributed by atoms with Crippen molar-refractivity contribution in [1.29, 1.82) is 0 Å². The van der Waals surface area contributed by atoms with E-state index in [1.54, 1.807) is 0 Å². The molecule has 1 unspecified atom stereocenters. The number of rotatable bonds is 2. The van der Waals surface area contributed by atoms with Crippen LogP contribution in [0.15, 0.2) is 12.1 Å². The summed E-state index contributed by atoms with van der Waals surface area (Å²) in [6.07, 6.45) is 2.21. The first-order chi connectivity index (χ1) is 7.94. The Balaban J connectivity index is 2.52. The Morgan fingerprint density at radius 1 is 1.41 bits per heavy atom. The zero-order chi connectivity index (χ0) is 12.6. The highest BCUT2D eigenvalue weighted by Gasteiger charge is 2.31. The minimum atomic E-state index is -0.839. The van der Waals surface area contributed by atoms with E-state index in [4.69, 9.17) is 0 Å². The van der Waals surface area contributed by atoms with E-state index in [0.29, 0.717) is 5.56 Å². The van der Waals surface area contributed by atoms with Crippen molar-refractivity contribution in [1.82, 2.24) is 5.32 Å². The van der Waals surface area contributed by atoms with Crippen LogP contribution < -0.4 is 5.32 Å². The molecule has 1 saturated heterocycles. The van der Waals surface area contributed by atoms with E-state index < -0.39 is 5.97 Å². The van der Waals surface area contributed by atoms with Crippen molar-refractivity contribution in [3.8, 4) is 0 Å². The van der Waals surface area contributed by atoms with Crippen LogP contribution >= 0.6 is 0 Å². The number of nitrogens with one attached hydrogen (secondary N) is 1. The zero-order valence-corrected chi connectivity index (χ0v) is 10.6. The van der Waals surface area contributed by atoms with Crippen LogP contribution in [0.2, 0.25) is 0 Å². The first-order valence-corrected chi connectivity index (χ1v) is 6.04. The van der Waals surface area contributed by atoms with E-state index >= 15 is 0 Å². The van der Waals surface area contributed by atoms with Gasteiger partial charge in [-0.3, -0.25) is 0 Å². The maximum atomic E-state index is 11.2. The largest absolute Gasteiger partial charge is 0.478 e. The predicted octanol–water partition coefficient (Wildman–Crippen LogP) is 2.60.